The lowest BCUT2D eigenvalue weighted by Gasteiger charge is -2.13. The predicted octanol–water partition coefficient (Wildman–Crippen LogP) is 1.31. The Morgan fingerprint density at radius 1 is 1.44 bits per heavy atom. The minimum Gasteiger partial charge on any atom is -0.353 e. The van der Waals surface area contributed by atoms with Crippen LogP contribution in [0.5, 0.6) is 0 Å². The second kappa shape index (κ2) is 4.31. The van der Waals surface area contributed by atoms with Crippen LogP contribution in [0, 0.1) is 0 Å². The molecule has 0 aliphatic carbocycles. The first-order valence-corrected chi connectivity index (χ1v) is 5.71. The first kappa shape index (κ1) is 11.2. The van der Waals surface area contributed by atoms with Gasteiger partial charge in [-0.1, -0.05) is 12.1 Å². The lowest BCUT2D eigenvalue weighted by molar-refractivity contribution is -0.122. The molecule has 4 nitrogen and oxygen atoms in total. The van der Waals surface area contributed by atoms with Gasteiger partial charge in [-0.05, 0) is 40.3 Å². The third kappa shape index (κ3) is 1.85. The largest absolute Gasteiger partial charge is 0.353 e. The van der Waals surface area contributed by atoms with E-state index in [-0.39, 0.29) is 17.6 Å². The fourth-order valence-electron chi connectivity index (χ4n) is 1.38. The van der Waals surface area contributed by atoms with Crippen LogP contribution in [0.3, 0.4) is 0 Å². The third-order valence-corrected chi connectivity index (χ3v) is 3.17. The van der Waals surface area contributed by atoms with Gasteiger partial charge in [-0.15, -0.1) is 0 Å². The van der Waals surface area contributed by atoms with Gasteiger partial charge in [0.25, 0.3) is 11.8 Å². The number of thiocarbonyl (C=S) groups is 1. The van der Waals surface area contributed by atoms with Crippen molar-refractivity contribution >= 4 is 45.1 Å². The van der Waals surface area contributed by atoms with E-state index >= 15 is 0 Å². The molecule has 0 aromatic heterocycles. The number of rotatable bonds is 1. The summed E-state index contributed by atoms with van der Waals surface area (Å²) >= 11 is 8.16. The van der Waals surface area contributed by atoms with Crippen LogP contribution < -0.4 is 5.32 Å². The SMILES string of the molecule is O=C1CNC(=S)N1C(=O)c1ccccc1Br. The molecule has 1 N–H and O–H groups in total. The van der Waals surface area contributed by atoms with Crippen molar-refractivity contribution in [3.8, 4) is 0 Å². The molecule has 1 fully saturated rings. The van der Waals surface area contributed by atoms with E-state index in [2.05, 4.69) is 21.2 Å². The first-order valence-electron chi connectivity index (χ1n) is 4.51. The summed E-state index contributed by atoms with van der Waals surface area (Å²) in [6.07, 6.45) is 0. The standard InChI is InChI=1S/C10H7BrN2O2S/c11-7-4-2-1-3-6(7)9(15)13-8(14)5-12-10(13)16/h1-4H,5H2,(H,12,16). The van der Waals surface area contributed by atoms with Crippen molar-refractivity contribution in [2.45, 2.75) is 0 Å². The number of hydrogen-bond acceptors (Lipinski definition) is 3. The second-order valence-corrected chi connectivity index (χ2v) is 4.41. The molecule has 1 aliphatic heterocycles. The summed E-state index contributed by atoms with van der Waals surface area (Å²) in [5, 5.41) is 2.82. The number of amides is 2. The minimum atomic E-state index is -0.410. The lowest BCUT2D eigenvalue weighted by atomic mass is 10.2. The van der Waals surface area contributed by atoms with E-state index in [1.165, 1.54) is 0 Å². The molecule has 6 heteroatoms. The van der Waals surface area contributed by atoms with Crippen molar-refractivity contribution in [1.29, 1.82) is 0 Å². The Morgan fingerprint density at radius 2 is 2.12 bits per heavy atom. The fraction of sp³-hybridized carbons (Fsp3) is 0.100. The zero-order valence-electron chi connectivity index (χ0n) is 8.07. The summed E-state index contributed by atoms with van der Waals surface area (Å²) in [6, 6.07) is 6.91. The highest BCUT2D eigenvalue weighted by atomic mass is 79.9. The van der Waals surface area contributed by atoms with Gasteiger partial charge in [0.1, 0.15) is 0 Å². The number of nitrogens with zero attached hydrogens (tertiary/aromatic N) is 1. The lowest BCUT2D eigenvalue weighted by Crippen LogP contribution is -2.36. The molecule has 16 heavy (non-hydrogen) atoms. The van der Waals surface area contributed by atoms with Crippen LogP contribution in [-0.2, 0) is 4.79 Å². The molecule has 2 rings (SSSR count). The van der Waals surface area contributed by atoms with Gasteiger partial charge in [-0.25, -0.2) is 4.90 Å². The van der Waals surface area contributed by atoms with E-state index in [1.54, 1.807) is 24.3 Å². The summed E-state index contributed by atoms with van der Waals surface area (Å²) < 4.78 is 0.641. The molecule has 2 amide bonds. The average Bonchev–Trinajstić information content (AvgIpc) is 2.58. The van der Waals surface area contributed by atoms with E-state index in [9.17, 15) is 9.59 Å². The minimum absolute atomic E-state index is 0.0784. The molecule has 1 saturated heterocycles. The van der Waals surface area contributed by atoms with Crippen LogP contribution in [0.4, 0.5) is 0 Å². The number of imide groups is 1. The maximum atomic E-state index is 12.0. The Hall–Kier alpha value is -1.27. The predicted molar refractivity (Wildman–Crippen MR) is 65.9 cm³/mol. The van der Waals surface area contributed by atoms with Crippen LogP contribution >= 0.6 is 28.1 Å². The number of carbonyl (C=O) groups is 2. The Labute approximate surface area is 106 Å². The van der Waals surface area contributed by atoms with Crippen LogP contribution in [0.2, 0.25) is 0 Å². The number of halogens is 1. The van der Waals surface area contributed by atoms with E-state index in [4.69, 9.17) is 12.2 Å². The Kier molecular flexibility index (Phi) is 3.02. The second-order valence-electron chi connectivity index (χ2n) is 3.17. The van der Waals surface area contributed by atoms with Gasteiger partial charge in [0.2, 0.25) is 0 Å². The van der Waals surface area contributed by atoms with Crippen LogP contribution in [0.25, 0.3) is 0 Å². The molecule has 0 spiro atoms. The van der Waals surface area contributed by atoms with Crippen molar-refractivity contribution in [1.82, 2.24) is 10.2 Å². The van der Waals surface area contributed by atoms with Crippen LogP contribution in [0.15, 0.2) is 28.7 Å². The van der Waals surface area contributed by atoms with Gasteiger partial charge in [0.05, 0.1) is 12.1 Å². The van der Waals surface area contributed by atoms with E-state index in [0.29, 0.717) is 10.0 Å². The maximum Gasteiger partial charge on any atom is 0.268 e. The number of carbonyl (C=O) groups excluding carboxylic acids is 2. The summed E-state index contributed by atoms with van der Waals surface area (Å²) in [6.45, 7) is 0.0784. The Morgan fingerprint density at radius 3 is 2.69 bits per heavy atom. The molecule has 1 aliphatic rings. The highest BCUT2D eigenvalue weighted by molar-refractivity contribution is 9.10. The van der Waals surface area contributed by atoms with Gasteiger partial charge in [0.15, 0.2) is 5.11 Å². The molecule has 0 bridgehead atoms. The summed E-state index contributed by atoms with van der Waals surface area (Å²) in [5.74, 6) is -0.738. The Bertz CT molecular complexity index is 473. The van der Waals surface area contributed by atoms with Gasteiger partial charge < -0.3 is 5.32 Å². The quantitative estimate of drug-likeness (QED) is 0.627. The number of hydrogen-bond donors (Lipinski definition) is 1. The number of benzene rings is 1. The zero-order chi connectivity index (χ0) is 11.7. The van der Waals surface area contributed by atoms with Gasteiger partial charge in [-0.2, -0.15) is 0 Å². The molecule has 1 heterocycles. The highest BCUT2D eigenvalue weighted by Gasteiger charge is 2.32. The third-order valence-electron chi connectivity index (χ3n) is 2.15. The monoisotopic (exact) mass is 298 g/mol. The molecule has 0 saturated carbocycles. The van der Waals surface area contributed by atoms with Crippen molar-refractivity contribution in [2.75, 3.05) is 6.54 Å². The summed E-state index contributed by atoms with van der Waals surface area (Å²) in [4.78, 5) is 24.5. The zero-order valence-corrected chi connectivity index (χ0v) is 10.5. The van der Waals surface area contributed by atoms with Gasteiger partial charge in [0, 0.05) is 4.47 Å². The van der Waals surface area contributed by atoms with Crippen LogP contribution in [0.1, 0.15) is 10.4 Å². The van der Waals surface area contributed by atoms with Crippen LogP contribution in [-0.4, -0.2) is 28.4 Å². The van der Waals surface area contributed by atoms with Crippen molar-refractivity contribution in [3.63, 3.8) is 0 Å². The van der Waals surface area contributed by atoms with Crippen molar-refractivity contribution < 1.29 is 9.59 Å². The normalized spacial score (nSPS) is 15.2. The first-order chi connectivity index (χ1) is 7.61. The molecule has 0 atom stereocenters. The molecule has 82 valence electrons. The van der Waals surface area contributed by atoms with E-state index < -0.39 is 5.91 Å². The molecule has 1 aromatic carbocycles. The van der Waals surface area contributed by atoms with E-state index in [1.807, 2.05) is 0 Å². The fourth-order valence-corrected chi connectivity index (χ4v) is 2.09. The number of nitrogens with one attached hydrogen (secondary N) is 1. The topological polar surface area (TPSA) is 49.4 Å². The van der Waals surface area contributed by atoms with Gasteiger partial charge in [-0.3, -0.25) is 9.59 Å². The molecular weight excluding hydrogens is 292 g/mol. The van der Waals surface area contributed by atoms with Crippen molar-refractivity contribution in [3.05, 3.63) is 34.3 Å². The molecular formula is C10H7BrN2O2S. The molecule has 0 unspecified atom stereocenters. The van der Waals surface area contributed by atoms with E-state index in [0.717, 1.165) is 4.90 Å². The van der Waals surface area contributed by atoms with Gasteiger partial charge >= 0.3 is 0 Å². The molecule has 1 aromatic rings. The highest BCUT2D eigenvalue weighted by Crippen LogP contribution is 2.18. The van der Waals surface area contributed by atoms with Crippen molar-refractivity contribution in [2.24, 2.45) is 0 Å². The molecule has 0 radical (unpaired) electrons. The smallest absolute Gasteiger partial charge is 0.268 e. The Balaban J connectivity index is 2.36. The maximum absolute atomic E-state index is 12.0. The average molecular weight is 299 g/mol. The summed E-state index contributed by atoms with van der Waals surface area (Å²) in [5.41, 5.74) is 0.418. The summed E-state index contributed by atoms with van der Waals surface area (Å²) in [7, 11) is 0.